The van der Waals surface area contributed by atoms with Crippen molar-refractivity contribution in [2.75, 3.05) is 32.8 Å². The van der Waals surface area contributed by atoms with Crippen LogP contribution in [-0.4, -0.2) is 42.7 Å². The maximum absolute atomic E-state index is 5.89. The molecule has 0 aliphatic carbocycles. The van der Waals surface area contributed by atoms with Crippen molar-refractivity contribution in [1.82, 2.24) is 15.2 Å². The maximum atomic E-state index is 5.89. The molecular weight excluding hydrogens is 238 g/mol. The van der Waals surface area contributed by atoms with Gasteiger partial charge in [-0.2, -0.15) is 0 Å². The predicted molar refractivity (Wildman–Crippen MR) is 77.4 cm³/mol. The van der Waals surface area contributed by atoms with Crippen LogP contribution in [0.2, 0.25) is 0 Å². The summed E-state index contributed by atoms with van der Waals surface area (Å²) in [6.07, 6.45) is 7.47. The van der Waals surface area contributed by atoms with Crippen molar-refractivity contribution in [3.8, 4) is 5.75 Å². The molecule has 1 aliphatic rings. The average molecular weight is 263 g/mol. The lowest BCUT2D eigenvalue weighted by Gasteiger charge is -2.16. The highest BCUT2D eigenvalue weighted by molar-refractivity contribution is 5.29. The number of hydrogen-bond acceptors (Lipinski definition) is 4. The van der Waals surface area contributed by atoms with Gasteiger partial charge in [-0.3, -0.25) is 9.88 Å². The highest BCUT2D eigenvalue weighted by Crippen LogP contribution is 2.16. The second-order valence-electron chi connectivity index (χ2n) is 5.06. The molecule has 0 saturated carbocycles. The monoisotopic (exact) mass is 263 g/mol. The molecule has 4 heteroatoms. The summed E-state index contributed by atoms with van der Waals surface area (Å²) in [4.78, 5) is 6.62. The third kappa shape index (κ3) is 4.80. The number of ether oxygens (including phenoxy) is 1. The Labute approximate surface area is 116 Å². The topological polar surface area (TPSA) is 37.4 Å². The molecular formula is C15H25N3O. The fourth-order valence-electron chi connectivity index (χ4n) is 2.38. The minimum Gasteiger partial charge on any atom is -0.490 e. The number of aromatic nitrogens is 1. The Morgan fingerprint density at radius 2 is 2.21 bits per heavy atom. The molecule has 0 spiro atoms. The van der Waals surface area contributed by atoms with Crippen LogP contribution in [0.4, 0.5) is 0 Å². The third-order valence-electron chi connectivity index (χ3n) is 3.48. The van der Waals surface area contributed by atoms with Gasteiger partial charge >= 0.3 is 0 Å². The highest BCUT2D eigenvalue weighted by atomic mass is 16.5. The molecule has 106 valence electrons. The van der Waals surface area contributed by atoms with E-state index in [0.717, 1.165) is 38.4 Å². The van der Waals surface area contributed by atoms with E-state index in [4.69, 9.17) is 4.74 Å². The number of hydrogen-bond donors (Lipinski definition) is 1. The first kappa shape index (κ1) is 14.3. The van der Waals surface area contributed by atoms with Gasteiger partial charge in [0.25, 0.3) is 0 Å². The zero-order valence-corrected chi connectivity index (χ0v) is 11.9. The zero-order chi connectivity index (χ0) is 13.3. The molecule has 0 amide bonds. The van der Waals surface area contributed by atoms with E-state index in [1.165, 1.54) is 31.5 Å². The van der Waals surface area contributed by atoms with Gasteiger partial charge in [0.2, 0.25) is 0 Å². The van der Waals surface area contributed by atoms with Crippen molar-refractivity contribution in [3.63, 3.8) is 0 Å². The summed E-state index contributed by atoms with van der Waals surface area (Å²) in [7, 11) is 0. The lowest BCUT2D eigenvalue weighted by molar-refractivity contribution is 0.235. The van der Waals surface area contributed by atoms with E-state index in [2.05, 4.69) is 22.1 Å². The summed E-state index contributed by atoms with van der Waals surface area (Å²) in [5.41, 5.74) is 1.20. The molecule has 1 aliphatic heterocycles. The van der Waals surface area contributed by atoms with Gasteiger partial charge in [0.1, 0.15) is 12.4 Å². The SMILES string of the molecule is CCCNCc1ccncc1OCCN1CCCC1. The van der Waals surface area contributed by atoms with Crippen molar-refractivity contribution in [2.45, 2.75) is 32.7 Å². The van der Waals surface area contributed by atoms with Crippen LogP contribution in [0.5, 0.6) is 5.75 Å². The van der Waals surface area contributed by atoms with Crippen LogP contribution in [-0.2, 0) is 6.54 Å². The van der Waals surface area contributed by atoms with Crippen LogP contribution >= 0.6 is 0 Å². The molecule has 1 aromatic rings. The number of pyridine rings is 1. The fourth-order valence-corrected chi connectivity index (χ4v) is 2.38. The minimum atomic E-state index is 0.756. The van der Waals surface area contributed by atoms with E-state index in [9.17, 15) is 0 Å². The van der Waals surface area contributed by atoms with Crippen LogP contribution in [0.25, 0.3) is 0 Å². The number of nitrogens with zero attached hydrogens (tertiary/aromatic N) is 2. The Hall–Kier alpha value is -1.13. The lowest BCUT2D eigenvalue weighted by Crippen LogP contribution is -2.25. The Morgan fingerprint density at radius 1 is 1.37 bits per heavy atom. The van der Waals surface area contributed by atoms with Gasteiger partial charge in [-0.05, 0) is 45.0 Å². The van der Waals surface area contributed by atoms with Crippen LogP contribution in [0.1, 0.15) is 31.7 Å². The summed E-state index contributed by atoms with van der Waals surface area (Å²) < 4.78 is 5.89. The van der Waals surface area contributed by atoms with Crippen molar-refractivity contribution in [2.24, 2.45) is 0 Å². The third-order valence-corrected chi connectivity index (χ3v) is 3.48. The van der Waals surface area contributed by atoms with E-state index in [1.807, 2.05) is 18.5 Å². The molecule has 1 N–H and O–H groups in total. The van der Waals surface area contributed by atoms with Crippen molar-refractivity contribution >= 4 is 0 Å². The number of likely N-dealkylation sites (tertiary alicyclic amines) is 1. The first-order valence-corrected chi connectivity index (χ1v) is 7.39. The Bertz CT molecular complexity index is 364. The van der Waals surface area contributed by atoms with E-state index in [-0.39, 0.29) is 0 Å². The molecule has 0 radical (unpaired) electrons. The summed E-state index contributed by atoms with van der Waals surface area (Å²) >= 11 is 0. The molecule has 19 heavy (non-hydrogen) atoms. The first-order chi connectivity index (χ1) is 9.40. The fraction of sp³-hybridized carbons (Fsp3) is 0.667. The molecule has 2 rings (SSSR count). The first-order valence-electron chi connectivity index (χ1n) is 7.39. The van der Waals surface area contributed by atoms with Crippen molar-refractivity contribution in [1.29, 1.82) is 0 Å². The zero-order valence-electron chi connectivity index (χ0n) is 11.9. The standard InChI is InChI=1S/C15H25N3O/c1-2-6-16-12-14-5-7-17-13-15(14)19-11-10-18-8-3-4-9-18/h5,7,13,16H,2-4,6,8-12H2,1H3. The molecule has 4 nitrogen and oxygen atoms in total. The van der Waals surface area contributed by atoms with E-state index in [0.29, 0.717) is 0 Å². The Kier molecular flexibility index (Phi) is 6.11. The quantitative estimate of drug-likeness (QED) is 0.729. The summed E-state index contributed by atoms with van der Waals surface area (Å²) in [5, 5.41) is 3.41. The molecule has 0 unspecified atom stereocenters. The Morgan fingerprint density at radius 3 is 3.00 bits per heavy atom. The van der Waals surface area contributed by atoms with Crippen LogP contribution in [0.3, 0.4) is 0 Å². The van der Waals surface area contributed by atoms with Crippen LogP contribution in [0, 0.1) is 0 Å². The second kappa shape index (κ2) is 8.12. The van der Waals surface area contributed by atoms with E-state index in [1.54, 1.807) is 0 Å². The predicted octanol–water partition coefficient (Wildman–Crippen LogP) is 2.06. The molecule has 2 heterocycles. The maximum Gasteiger partial charge on any atom is 0.142 e. The highest BCUT2D eigenvalue weighted by Gasteiger charge is 2.11. The average Bonchev–Trinajstić information content (AvgIpc) is 2.94. The second-order valence-corrected chi connectivity index (χ2v) is 5.06. The lowest BCUT2D eigenvalue weighted by atomic mass is 10.2. The van der Waals surface area contributed by atoms with Gasteiger partial charge in [-0.25, -0.2) is 0 Å². The minimum absolute atomic E-state index is 0.756. The van der Waals surface area contributed by atoms with Gasteiger partial charge in [-0.15, -0.1) is 0 Å². The van der Waals surface area contributed by atoms with Gasteiger partial charge in [0.05, 0.1) is 6.20 Å². The van der Waals surface area contributed by atoms with E-state index < -0.39 is 0 Å². The van der Waals surface area contributed by atoms with Crippen LogP contribution in [0.15, 0.2) is 18.5 Å². The Balaban J connectivity index is 1.77. The molecule has 1 aromatic heterocycles. The summed E-state index contributed by atoms with van der Waals surface area (Å²) in [5.74, 6) is 0.922. The normalized spacial score (nSPS) is 15.8. The van der Waals surface area contributed by atoms with Gasteiger partial charge < -0.3 is 10.1 Å². The van der Waals surface area contributed by atoms with Gasteiger partial charge in [-0.1, -0.05) is 6.92 Å². The smallest absolute Gasteiger partial charge is 0.142 e. The molecule has 0 atom stereocenters. The molecule has 0 bridgehead atoms. The number of nitrogens with one attached hydrogen (secondary N) is 1. The van der Waals surface area contributed by atoms with Crippen LogP contribution < -0.4 is 10.1 Å². The molecule has 0 aromatic carbocycles. The van der Waals surface area contributed by atoms with Gasteiger partial charge in [0.15, 0.2) is 0 Å². The summed E-state index contributed by atoms with van der Waals surface area (Å²) in [6.45, 7) is 8.30. The molecule has 1 saturated heterocycles. The molecule has 1 fully saturated rings. The van der Waals surface area contributed by atoms with Gasteiger partial charge in [0, 0.05) is 24.8 Å². The summed E-state index contributed by atoms with van der Waals surface area (Å²) in [6, 6.07) is 2.04. The number of rotatable bonds is 8. The van der Waals surface area contributed by atoms with Crippen molar-refractivity contribution in [3.05, 3.63) is 24.0 Å². The van der Waals surface area contributed by atoms with Crippen molar-refractivity contribution < 1.29 is 4.74 Å². The largest absolute Gasteiger partial charge is 0.490 e. The van der Waals surface area contributed by atoms with E-state index >= 15 is 0 Å².